The maximum atomic E-state index is 13.1. The van der Waals surface area contributed by atoms with Crippen molar-refractivity contribution in [2.75, 3.05) is 0 Å². The summed E-state index contributed by atoms with van der Waals surface area (Å²) in [5, 5.41) is 11.1. The number of hydrogen-bond donors (Lipinski definition) is 0. The molecule has 5 nitrogen and oxygen atoms in total. The van der Waals surface area contributed by atoms with Crippen LogP contribution in [-0.4, -0.2) is 9.91 Å². The van der Waals surface area contributed by atoms with Crippen LogP contribution in [0, 0.1) is 15.9 Å². The summed E-state index contributed by atoms with van der Waals surface area (Å²) in [6.07, 6.45) is 1.48. The minimum atomic E-state index is -0.630. The molecule has 0 N–H and O–H groups in total. The van der Waals surface area contributed by atoms with Gasteiger partial charge in [-0.2, -0.15) is 0 Å². The lowest BCUT2D eigenvalue weighted by Gasteiger charge is -2.06. The summed E-state index contributed by atoms with van der Waals surface area (Å²) in [6, 6.07) is 6.28. The lowest BCUT2D eigenvalue weighted by molar-refractivity contribution is -0.386. The molecule has 1 heterocycles. The van der Waals surface area contributed by atoms with Crippen molar-refractivity contribution in [3.8, 4) is 5.75 Å². The minimum Gasteiger partial charge on any atom is -0.482 e. The molecule has 0 saturated heterocycles. The Labute approximate surface area is 112 Å². The Morgan fingerprint density at radius 1 is 1.37 bits per heavy atom. The molecule has 0 atom stereocenters. The van der Waals surface area contributed by atoms with Crippen LogP contribution in [0.1, 0.15) is 5.56 Å². The molecular formula is C12H8ClFN2O3. The number of rotatable bonds is 4. The van der Waals surface area contributed by atoms with E-state index in [9.17, 15) is 14.5 Å². The van der Waals surface area contributed by atoms with Crippen molar-refractivity contribution in [1.82, 2.24) is 4.98 Å². The number of hydrogen-bond acceptors (Lipinski definition) is 4. The molecule has 0 saturated carbocycles. The molecule has 0 fully saturated rings. The Hall–Kier alpha value is -2.21. The van der Waals surface area contributed by atoms with E-state index < -0.39 is 10.7 Å². The smallest absolute Gasteiger partial charge is 0.311 e. The minimum absolute atomic E-state index is 0.0362. The second kappa shape index (κ2) is 5.62. The normalized spacial score (nSPS) is 10.2. The molecule has 19 heavy (non-hydrogen) atoms. The number of ether oxygens (including phenoxy) is 1. The number of nitro groups is 1. The van der Waals surface area contributed by atoms with Crippen LogP contribution >= 0.6 is 11.6 Å². The van der Waals surface area contributed by atoms with Crippen molar-refractivity contribution in [3.63, 3.8) is 0 Å². The van der Waals surface area contributed by atoms with Gasteiger partial charge in [-0.15, -0.1) is 0 Å². The van der Waals surface area contributed by atoms with Gasteiger partial charge in [0.1, 0.15) is 17.6 Å². The molecule has 0 radical (unpaired) electrons. The van der Waals surface area contributed by atoms with E-state index in [0.717, 1.165) is 18.2 Å². The van der Waals surface area contributed by atoms with Gasteiger partial charge in [0.25, 0.3) is 0 Å². The zero-order chi connectivity index (χ0) is 13.8. The summed E-state index contributed by atoms with van der Waals surface area (Å²) in [4.78, 5) is 14.0. The highest BCUT2D eigenvalue weighted by molar-refractivity contribution is 6.29. The average Bonchev–Trinajstić information content (AvgIpc) is 2.38. The predicted octanol–water partition coefficient (Wildman–Crippen LogP) is 3.36. The molecule has 2 aromatic rings. The van der Waals surface area contributed by atoms with Crippen molar-refractivity contribution in [1.29, 1.82) is 0 Å². The predicted molar refractivity (Wildman–Crippen MR) is 66.6 cm³/mol. The molecule has 0 spiro atoms. The molecule has 7 heteroatoms. The third-order valence-corrected chi connectivity index (χ3v) is 2.53. The van der Waals surface area contributed by atoms with Gasteiger partial charge in [-0.05, 0) is 12.1 Å². The molecule has 1 aromatic heterocycles. The molecule has 0 unspecified atom stereocenters. The number of nitro benzene ring substituents is 1. The van der Waals surface area contributed by atoms with Crippen LogP contribution in [0.25, 0.3) is 0 Å². The highest BCUT2D eigenvalue weighted by atomic mass is 35.5. The average molecular weight is 283 g/mol. The molecule has 0 bridgehead atoms. The summed E-state index contributed by atoms with van der Waals surface area (Å²) in [7, 11) is 0. The van der Waals surface area contributed by atoms with E-state index in [-0.39, 0.29) is 18.0 Å². The second-order valence-electron chi connectivity index (χ2n) is 3.65. The molecule has 0 aliphatic heterocycles. The Bertz CT molecular complexity index is 604. The Balaban J connectivity index is 2.16. The number of pyridine rings is 1. The summed E-state index contributed by atoms with van der Waals surface area (Å²) < 4.78 is 18.3. The number of benzene rings is 1. The largest absolute Gasteiger partial charge is 0.482 e. The van der Waals surface area contributed by atoms with E-state index in [1.54, 1.807) is 12.1 Å². The lowest BCUT2D eigenvalue weighted by Crippen LogP contribution is -2.00. The second-order valence-corrected chi connectivity index (χ2v) is 4.03. The zero-order valence-corrected chi connectivity index (χ0v) is 10.3. The highest BCUT2D eigenvalue weighted by Gasteiger charge is 2.15. The zero-order valence-electron chi connectivity index (χ0n) is 9.55. The van der Waals surface area contributed by atoms with Gasteiger partial charge in [0, 0.05) is 23.9 Å². The first-order valence-electron chi connectivity index (χ1n) is 5.23. The fraction of sp³-hybridized carbons (Fsp3) is 0.0833. The van der Waals surface area contributed by atoms with Crippen LogP contribution in [0.2, 0.25) is 5.15 Å². The van der Waals surface area contributed by atoms with Crippen molar-refractivity contribution < 1.29 is 14.1 Å². The highest BCUT2D eigenvalue weighted by Crippen LogP contribution is 2.28. The number of halogens is 2. The van der Waals surface area contributed by atoms with Crippen LogP contribution in [0.5, 0.6) is 5.75 Å². The van der Waals surface area contributed by atoms with Gasteiger partial charge in [-0.1, -0.05) is 17.7 Å². The number of aromatic nitrogens is 1. The van der Waals surface area contributed by atoms with E-state index in [1.165, 1.54) is 6.20 Å². The van der Waals surface area contributed by atoms with Crippen LogP contribution in [0.15, 0.2) is 36.5 Å². The first kappa shape index (κ1) is 13.2. The molecule has 0 amide bonds. The SMILES string of the molecule is O=[N+]([O-])c1ccc(F)cc1OCc1ccc(Cl)nc1. The summed E-state index contributed by atoms with van der Waals surface area (Å²) in [5.41, 5.74) is 0.381. The van der Waals surface area contributed by atoms with Gasteiger partial charge in [-0.3, -0.25) is 10.1 Å². The van der Waals surface area contributed by atoms with Crippen molar-refractivity contribution >= 4 is 17.3 Å². The van der Waals surface area contributed by atoms with Crippen LogP contribution in [-0.2, 0) is 6.61 Å². The van der Waals surface area contributed by atoms with Crippen molar-refractivity contribution in [2.24, 2.45) is 0 Å². The van der Waals surface area contributed by atoms with Crippen LogP contribution < -0.4 is 4.74 Å². The molecule has 0 aliphatic carbocycles. The molecular weight excluding hydrogens is 275 g/mol. The van der Waals surface area contributed by atoms with Crippen molar-refractivity contribution in [2.45, 2.75) is 6.61 Å². The maximum Gasteiger partial charge on any atom is 0.311 e. The van der Waals surface area contributed by atoms with Gasteiger partial charge in [0.05, 0.1) is 4.92 Å². The summed E-state index contributed by atoms with van der Waals surface area (Å²) in [6.45, 7) is 0.0362. The third-order valence-electron chi connectivity index (χ3n) is 2.30. The van der Waals surface area contributed by atoms with E-state index in [2.05, 4.69) is 4.98 Å². The summed E-state index contributed by atoms with van der Waals surface area (Å²) in [5.74, 6) is -0.727. The van der Waals surface area contributed by atoms with E-state index in [4.69, 9.17) is 16.3 Å². The first-order chi connectivity index (χ1) is 9.06. The fourth-order valence-corrected chi connectivity index (χ4v) is 1.52. The van der Waals surface area contributed by atoms with Gasteiger partial charge in [-0.25, -0.2) is 9.37 Å². The van der Waals surface area contributed by atoms with Crippen LogP contribution in [0.3, 0.4) is 0 Å². The van der Waals surface area contributed by atoms with Gasteiger partial charge in [0.2, 0.25) is 0 Å². The first-order valence-corrected chi connectivity index (χ1v) is 5.61. The Kier molecular flexibility index (Phi) is 3.91. The Morgan fingerprint density at radius 3 is 2.79 bits per heavy atom. The fourth-order valence-electron chi connectivity index (χ4n) is 1.41. The third kappa shape index (κ3) is 3.38. The summed E-state index contributed by atoms with van der Waals surface area (Å²) >= 11 is 5.63. The molecule has 1 aromatic carbocycles. The maximum absolute atomic E-state index is 13.1. The topological polar surface area (TPSA) is 65.3 Å². The lowest BCUT2D eigenvalue weighted by atomic mass is 10.3. The van der Waals surface area contributed by atoms with Gasteiger partial charge >= 0.3 is 5.69 Å². The monoisotopic (exact) mass is 282 g/mol. The van der Waals surface area contributed by atoms with Crippen molar-refractivity contribution in [3.05, 3.63) is 63.2 Å². The molecule has 0 aliphatic rings. The van der Waals surface area contributed by atoms with Gasteiger partial charge in [0.15, 0.2) is 5.75 Å². The molecule has 98 valence electrons. The Morgan fingerprint density at radius 2 is 2.16 bits per heavy atom. The van der Waals surface area contributed by atoms with E-state index >= 15 is 0 Å². The molecule has 2 rings (SSSR count). The van der Waals surface area contributed by atoms with E-state index in [1.807, 2.05) is 0 Å². The number of nitrogens with zero attached hydrogens (tertiary/aromatic N) is 2. The quantitative estimate of drug-likeness (QED) is 0.490. The standard InChI is InChI=1S/C12H8ClFN2O3/c13-12-4-1-8(6-15-12)7-19-11-5-9(14)2-3-10(11)16(17)18/h1-6H,7H2. The van der Waals surface area contributed by atoms with E-state index in [0.29, 0.717) is 10.7 Å². The van der Waals surface area contributed by atoms with Crippen LogP contribution in [0.4, 0.5) is 10.1 Å². The van der Waals surface area contributed by atoms with Gasteiger partial charge < -0.3 is 4.74 Å².